The Morgan fingerprint density at radius 1 is 1.13 bits per heavy atom. The van der Waals surface area contributed by atoms with Crippen molar-refractivity contribution in [3.63, 3.8) is 0 Å². The quantitative estimate of drug-likeness (QED) is 0.409. The molecule has 6 heteroatoms. The second-order valence-electron chi connectivity index (χ2n) is 6.82. The molecule has 0 radical (unpaired) electrons. The third-order valence-electron chi connectivity index (χ3n) is 4.84. The average molecular weight is 483 g/mol. The van der Waals surface area contributed by atoms with Gasteiger partial charge in [0.25, 0.3) is 0 Å². The molecule has 2 heterocycles. The first-order valence-electron chi connectivity index (χ1n) is 9.57. The zero-order chi connectivity index (χ0) is 20.2. The Morgan fingerprint density at radius 2 is 1.90 bits per heavy atom. The van der Waals surface area contributed by atoms with Gasteiger partial charge in [-0.2, -0.15) is 0 Å². The van der Waals surface area contributed by atoms with Crippen LogP contribution >= 0.6 is 11.8 Å². The normalized spacial score (nSPS) is 14.2. The maximum Gasteiger partial charge on any atom is 0.302 e. The van der Waals surface area contributed by atoms with E-state index in [1.807, 2.05) is 12.1 Å². The van der Waals surface area contributed by atoms with Crippen LogP contribution in [0.3, 0.4) is 0 Å². The molecule has 154 valence electrons. The summed E-state index contributed by atoms with van der Waals surface area (Å²) in [6.07, 6.45) is 8.44. The smallest absolute Gasteiger partial charge is 0.302 e. The van der Waals surface area contributed by atoms with Gasteiger partial charge in [-0.25, -0.2) is 4.57 Å². The Hall–Kier alpha value is -2.57. The summed E-state index contributed by atoms with van der Waals surface area (Å²) in [5.41, 5.74) is 3.54. The van der Waals surface area contributed by atoms with Crippen molar-refractivity contribution in [2.45, 2.75) is 11.8 Å². The number of para-hydroxylation sites is 2. The van der Waals surface area contributed by atoms with E-state index in [1.165, 1.54) is 28.3 Å². The highest BCUT2D eigenvalue weighted by Gasteiger charge is 2.24. The molecular weight excluding hydrogens is 460 g/mol. The van der Waals surface area contributed by atoms with Crippen LogP contribution in [-0.4, -0.2) is 19.1 Å². The predicted octanol–water partition coefficient (Wildman–Crippen LogP) is 1.70. The van der Waals surface area contributed by atoms with Gasteiger partial charge in [0.15, 0.2) is 6.20 Å². The molecule has 1 aromatic heterocycles. The number of aryl methyl sites for hydroxylation is 1. The molecule has 0 unspecified atom stereocenters. The molecule has 0 amide bonds. The number of carbonyl (C=O) groups excluding carboxylic acids is 1. The Kier molecular flexibility index (Phi) is 7.34. The van der Waals surface area contributed by atoms with E-state index in [0.29, 0.717) is 13.2 Å². The summed E-state index contributed by atoms with van der Waals surface area (Å²) in [7, 11) is 2.06. The summed E-state index contributed by atoms with van der Waals surface area (Å²) in [5, 5.41) is 2.35. The van der Waals surface area contributed by atoms with E-state index in [0.717, 1.165) is 10.7 Å². The van der Waals surface area contributed by atoms with Gasteiger partial charge in [0.2, 0.25) is 5.52 Å². The van der Waals surface area contributed by atoms with Crippen molar-refractivity contribution in [1.82, 2.24) is 0 Å². The molecule has 3 aromatic rings. The van der Waals surface area contributed by atoms with Gasteiger partial charge in [0.1, 0.15) is 13.7 Å². The number of benzene rings is 2. The van der Waals surface area contributed by atoms with Crippen molar-refractivity contribution in [2.75, 3.05) is 18.1 Å². The Morgan fingerprint density at radius 3 is 2.73 bits per heavy atom. The molecule has 0 saturated heterocycles. The molecule has 0 saturated carbocycles. The number of carbonyl (C=O) groups is 1. The number of fused-ring (bicyclic) bond motifs is 2. The number of hydrogen-bond donors (Lipinski definition) is 0. The van der Waals surface area contributed by atoms with Crippen LogP contribution in [0.25, 0.3) is 17.0 Å². The van der Waals surface area contributed by atoms with E-state index < -0.39 is 0 Å². The van der Waals surface area contributed by atoms with E-state index in [-0.39, 0.29) is 23.0 Å². The monoisotopic (exact) mass is 482 g/mol. The minimum absolute atomic E-state index is 0. The number of aromatic nitrogens is 1. The lowest BCUT2D eigenvalue weighted by atomic mass is 10.1. The molecule has 1 aliphatic heterocycles. The second-order valence-corrected chi connectivity index (χ2v) is 7.89. The summed E-state index contributed by atoms with van der Waals surface area (Å²) in [4.78, 5) is 14.6. The first kappa shape index (κ1) is 22.1. The van der Waals surface area contributed by atoms with E-state index >= 15 is 0 Å². The van der Waals surface area contributed by atoms with Gasteiger partial charge in [-0.3, -0.25) is 4.79 Å². The van der Waals surface area contributed by atoms with Gasteiger partial charge in [0.05, 0.1) is 22.6 Å². The summed E-state index contributed by atoms with van der Waals surface area (Å²) >= 11 is 1.74. The minimum atomic E-state index is -0.250. The molecule has 0 N–H and O–H groups in total. The summed E-state index contributed by atoms with van der Waals surface area (Å²) in [6.45, 7) is 2.44. The van der Waals surface area contributed by atoms with Crippen LogP contribution in [0.1, 0.15) is 12.5 Å². The zero-order valence-corrected chi connectivity index (χ0v) is 19.3. The van der Waals surface area contributed by atoms with Crippen LogP contribution in [0.2, 0.25) is 0 Å². The highest BCUT2D eigenvalue weighted by Crippen LogP contribution is 2.45. The fraction of sp³-hybridized carbons (Fsp3) is 0.167. The number of ether oxygens (including phenoxy) is 1. The number of rotatable bonds is 5. The largest absolute Gasteiger partial charge is 1.00 e. The fourth-order valence-electron chi connectivity index (χ4n) is 3.46. The first-order valence-corrected chi connectivity index (χ1v) is 10.4. The third-order valence-corrected chi connectivity index (χ3v) is 5.97. The van der Waals surface area contributed by atoms with E-state index in [9.17, 15) is 4.79 Å². The number of esters is 1. The Balaban J connectivity index is 0.00000256. The summed E-state index contributed by atoms with van der Waals surface area (Å²) in [6, 6.07) is 18.8. The second kappa shape index (κ2) is 9.96. The fourth-order valence-corrected chi connectivity index (χ4v) is 4.56. The number of anilines is 1. The van der Waals surface area contributed by atoms with Crippen molar-refractivity contribution < 1.29 is 31.1 Å². The SMILES string of the molecule is CC(=O)OCCN1/C(=C\C=C\c2cc[n+](C)c3ccccc23)Sc2ccccc21.[Br-]. The predicted molar refractivity (Wildman–Crippen MR) is 119 cm³/mol. The highest BCUT2D eigenvalue weighted by atomic mass is 79.9. The van der Waals surface area contributed by atoms with Crippen molar-refractivity contribution in [3.05, 3.63) is 83.5 Å². The molecule has 30 heavy (non-hydrogen) atoms. The third kappa shape index (κ3) is 4.77. The molecule has 4 rings (SSSR count). The average Bonchev–Trinajstić information content (AvgIpc) is 3.07. The van der Waals surface area contributed by atoms with Gasteiger partial charge in [-0.15, -0.1) is 0 Å². The molecule has 0 bridgehead atoms. The zero-order valence-electron chi connectivity index (χ0n) is 16.9. The van der Waals surface area contributed by atoms with E-state index in [1.54, 1.807) is 11.8 Å². The van der Waals surface area contributed by atoms with Gasteiger partial charge in [-0.05, 0) is 29.8 Å². The lowest BCUT2D eigenvalue weighted by Crippen LogP contribution is -3.00. The van der Waals surface area contributed by atoms with Gasteiger partial charge in [0, 0.05) is 24.0 Å². The minimum Gasteiger partial charge on any atom is -1.00 e. The Bertz CT molecular complexity index is 1130. The highest BCUT2D eigenvalue weighted by molar-refractivity contribution is 8.03. The topological polar surface area (TPSA) is 33.4 Å². The van der Waals surface area contributed by atoms with Crippen molar-refractivity contribution in [3.8, 4) is 0 Å². The summed E-state index contributed by atoms with van der Waals surface area (Å²) < 4.78 is 7.29. The number of thioether (sulfide) groups is 1. The number of nitrogens with zero attached hydrogens (tertiary/aromatic N) is 2. The molecular formula is C24H23BrN2O2S. The van der Waals surface area contributed by atoms with Crippen LogP contribution < -0.4 is 26.4 Å². The first-order chi connectivity index (χ1) is 14.1. The number of allylic oxidation sites excluding steroid dienone is 2. The number of halogens is 1. The summed E-state index contributed by atoms with van der Waals surface area (Å²) in [5.74, 6) is -0.250. The van der Waals surface area contributed by atoms with Crippen molar-refractivity contribution in [2.24, 2.45) is 7.05 Å². The lowest BCUT2D eigenvalue weighted by molar-refractivity contribution is -0.644. The number of pyridine rings is 1. The molecule has 0 spiro atoms. The van der Waals surface area contributed by atoms with Crippen LogP contribution in [0.4, 0.5) is 5.69 Å². The maximum absolute atomic E-state index is 11.1. The number of hydrogen-bond acceptors (Lipinski definition) is 4. The van der Waals surface area contributed by atoms with Crippen molar-refractivity contribution >= 4 is 40.4 Å². The molecule has 0 aliphatic carbocycles. The standard InChI is InChI=1S/C24H23N2O2S.BrH/c1-18(27)28-17-16-26-22-11-5-6-12-23(22)29-24(26)13-7-8-19-14-15-25(2)21-10-4-3-9-20(19)21;/h3-15H,16-17H2,1-2H3;1H/q+1;/p-1. The molecule has 0 fully saturated rings. The van der Waals surface area contributed by atoms with Crippen molar-refractivity contribution in [1.29, 1.82) is 0 Å². The molecule has 0 atom stereocenters. The molecule has 2 aromatic carbocycles. The Labute approximate surface area is 191 Å². The molecule has 4 nitrogen and oxygen atoms in total. The van der Waals surface area contributed by atoms with Crippen LogP contribution in [-0.2, 0) is 16.6 Å². The van der Waals surface area contributed by atoms with Crippen LogP contribution in [0.15, 0.2) is 82.9 Å². The van der Waals surface area contributed by atoms with Gasteiger partial charge < -0.3 is 26.6 Å². The van der Waals surface area contributed by atoms with Crippen LogP contribution in [0.5, 0.6) is 0 Å². The van der Waals surface area contributed by atoms with E-state index in [4.69, 9.17) is 4.74 Å². The van der Waals surface area contributed by atoms with E-state index in [2.05, 4.69) is 83.4 Å². The lowest BCUT2D eigenvalue weighted by Gasteiger charge is -2.19. The maximum atomic E-state index is 11.1. The van der Waals surface area contributed by atoms with Crippen LogP contribution in [0, 0.1) is 0 Å². The molecule has 1 aliphatic rings. The van der Waals surface area contributed by atoms with Gasteiger partial charge in [-0.1, -0.05) is 48.2 Å². The van der Waals surface area contributed by atoms with Gasteiger partial charge >= 0.3 is 5.97 Å².